The van der Waals surface area contributed by atoms with E-state index < -0.39 is 10.8 Å². The van der Waals surface area contributed by atoms with Crippen LogP contribution in [0.25, 0.3) is 0 Å². The van der Waals surface area contributed by atoms with E-state index in [1.807, 2.05) is 0 Å². The van der Waals surface area contributed by atoms with E-state index in [1.54, 1.807) is 43.5 Å². The van der Waals surface area contributed by atoms with Crippen LogP contribution in [-0.4, -0.2) is 17.6 Å². The predicted molar refractivity (Wildman–Crippen MR) is 67.2 cm³/mol. The van der Waals surface area contributed by atoms with Gasteiger partial charge in [0, 0.05) is 4.90 Å². The van der Waals surface area contributed by atoms with Gasteiger partial charge in [-0.25, -0.2) is 0 Å². The van der Waals surface area contributed by atoms with Crippen molar-refractivity contribution in [2.24, 2.45) is 0 Å². The number of carbonyl (C=O) groups excluding carboxylic acids is 1. The Kier molecular flexibility index (Phi) is 3.94. The first-order valence-corrected chi connectivity index (χ1v) is 6.61. The second-order valence-corrected chi connectivity index (χ2v) is 5.04. The van der Waals surface area contributed by atoms with Gasteiger partial charge in [0.15, 0.2) is 12.0 Å². The van der Waals surface area contributed by atoms with E-state index >= 15 is 0 Å². The average Bonchev–Trinajstić information content (AvgIpc) is 2.86. The molecule has 0 amide bonds. The van der Waals surface area contributed by atoms with E-state index in [2.05, 4.69) is 0 Å². The minimum absolute atomic E-state index is 0.237. The molecule has 1 aromatic heterocycles. The molecule has 0 aliphatic carbocycles. The van der Waals surface area contributed by atoms with E-state index in [0.717, 1.165) is 0 Å². The summed E-state index contributed by atoms with van der Waals surface area (Å²) in [6.07, 6.45) is 0.623. The zero-order valence-corrected chi connectivity index (χ0v) is 10.6. The zero-order valence-electron chi connectivity index (χ0n) is 9.79. The van der Waals surface area contributed by atoms with E-state index in [9.17, 15) is 9.00 Å². The molecule has 1 unspecified atom stereocenters. The third-order valence-corrected chi connectivity index (χ3v) is 3.70. The highest BCUT2D eigenvalue weighted by Crippen LogP contribution is 2.18. The molecule has 94 valence electrons. The maximum atomic E-state index is 12.1. The molecule has 0 N–H and O–H groups in total. The molecule has 0 aliphatic heterocycles. The monoisotopic (exact) mass is 264 g/mol. The minimum atomic E-state index is -1.22. The van der Waals surface area contributed by atoms with Crippen LogP contribution in [0.2, 0.25) is 0 Å². The number of aldehydes is 1. The minimum Gasteiger partial charge on any atom is -0.497 e. The standard InChI is InChI=1S/C13H12O4S/c1-16-10-3-2-4-13(7-10)18(15)9-12-6-5-11(8-14)17-12/h2-8H,9H2,1H3. The molecule has 18 heavy (non-hydrogen) atoms. The van der Waals surface area contributed by atoms with Crippen molar-refractivity contribution >= 4 is 17.1 Å². The Morgan fingerprint density at radius 3 is 2.83 bits per heavy atom. The SMILES string of the molecule is COc1cccc(S(=O)Cc2ccc(C=O)o2)c1. The summed E-state index contributed by atoms with van der Waals surface area (Å²) >= 11 is 0. The molecule has 0 aliphatic rings. The van der Waals surface area contributed by atoms with E-state index in [-0.39, 0.29) is 11.5 Å². The molecule has 0 fully saturated rings. The topological polar surface area (TPSA) is 56.5 Å². The highest BCUT2D eigenvalue weighted by atomic mass is 32.2. The third kappa shape index (κ3) is 2.87. The number of furan rings is 1. The quantitative estimate of drug-likeness (QED) is 0.778. The number of ether oxygens (including phenoxy) is 1. The summed E-state index contributed by atoms with van der Waals surface area (Å²) in [6, 6.07) is 10.3. The lowest BCUT2D eigenvalue weighted by Crippen LogP contribution is -1.96. The van der Waals surface area contributed by atoms with Gasteiger partial charge in [0.2, 0.25) is 0 Å². The molecular formula is C13H12O4S. The lowest BCUT2D eigenvalue weighted by molar-refractivity contribution is 0.109. The maximum Gasteiger partial charge on any atom is 0.185 e. The van der Waals surface area contributed by atoms with Crippen molar-refractivity contribution in [2.75, 3.05) is 7.11 Å². The summed E-state index contributed by atoms with van der Waals surface area (Å²) in [6.45, 7) is 0. The first kappa shape index (κ1) is 12.6. The van der Waals surface area contributed by atoms with Crippen molar-refractivity contribution in [1.82, 2.24) is 0 Å². The van der Waals surface area contributed by atoms with Crippen molar-refractivity contribution in [3.8, 4) is 5.75 Å². The van der Waals surface area contributed by atoms with Gasteiger partial charge in [-0.1, -0.05) is 6.07 Å². The molecule has 2 aromatic rings. The van der Waals surface area contributed by atoms with Crippen molar-refractivity contribution < 1.29 is 18.2 Å². The number of hydrogen-bond acceptors (Lipinski definition) is 4. The van der Waals surface area contributed by atoms with Crippen molar-refractivity contribution in [3.63, 3.8) is 0 Å². The summed E-state index contributed by atoms with van der Waals surface area (Å²) < 4.78 is 22.3. The van der Waals surface area contributed by atoms with Gasteiger partial charge in [-0.3, -0.25) is 9.00 Å². The Balaban J connectivity index is 2.13. The predicted octanol–water partition coefficient (Wildman–Crippen LogP) is 2.41. The van der Waals surface area contributed by atoms with E-state index in [4.69, 9.17) is 9.15 Å². The number of hydrogen-bond donors (Lipinski definition) is 0. The fraction of sp³-hybridized carbons (Fsp3) is 0.154. The molecule has 0 bridgehead atoms. The molecule has 0 radical (unpaired) electrons. The Morgan fingerprint density at radius 2 is 2.17 bits per heavy atom. The summed E-state index contributed by atoms with van der Waals surface area (Å²) in [7, 11) is 0.336. The van der Waals surface area contributed by atoms with Gasteiger partial charge < -0.3 is 9.15 Å². The summed E-state index contributed by atoms with van der Waals surface area (Å²) in [4.78, 5) is 11.1. The molecule has 1 aromatic carbocycles. The molecule has 0 saturated carbocycles. The second kappa shape index (κ2) is 5.64. The van der Waals surface area contributed by atoms with Gasteiger partial charge in [0.05, 0.1) is 23.7 Å². The Labute approximate surface area is 107 Å². The molecule has 4 nitrogen and oxygen atoms in total. The fourth-order valence-corrected chi connectivity index (χ4v) is 2.55. The number of benzene rings is 1. The molecular weight excluding hydrogens is 252 g/mol. The molecule has 5 heteroatoms. The van der Waals surface area contributed by atoms with Crippen LogP contribution < -0.4 is 4.74 Å². The van der Waals surface area contributed by atoms with E-state index in [1.165, 1.54) is 0 Å². The van der Waals surface area contributed by atoms with E-state index in [0.29, 0.717) is 22.7 Å². The maximum absolute atomic E-state index is 12.1. The number of methoxy groups -OCH3 is 1. The van der Waals surface area contributed by atoms with Gasteiger partial charge in [-0.2, -0.15) is 0 Å². The molecule has 1 heterocycles. The number of rotatable bonds is 5. The highest BCUT2D eigenvalue weighted by Gasteiger charge is 2.09. The average molecular weight is 264 g/mol. The van der Waals surface area contributed by atoms with Crippen LogP contribution in [0.4, 0.5) is 0 Å². The van der Waals surface area contributed by atoms with Crippen LogP contribution in [0.1, 0.15) is 16.3 Å². The molecule has 1 atom stereocenters. The molecule has 0 spiro atoms. The largest absolute Gasteiger partial charge is 0.497 e. The van der Waals surface area contributed by atoms with Gasteiger partial charge in [-0.05, 0) is 30.3 Å². The van der Waals surface area contributed by atoms with Crippen molar-refractivity contribution in [3.05, 3.63) is 47.9 Å². The van der Waals surface area contributed by atoms with Crippen LogP contribution >= 0.6 is 0 Å². The lowest BCUT2D eigenvalue weighted by atomic mass is 10.3. The van der Waals surface area contributed by atoms with Crippen LogP contribution in [0.5, 0.6) is 5.75 Å². The van der Waals surface area contributed by atoms with Gasteiger partial charge in [0.1, 0.15) is 11.5 Å². The van der Waals surface area contributed by atoms with Gasteiger partial charge in [0.25, 0.3) is 0 Å². The molecule has 0 saturated heterocycles. The summed E-state index contributed by atoms with van der Waals surface area (Å²) in [5.74, 6) is 1.67. The van der Waals surface area contributed by atoms with Crippen molar-refractivity contribution in [2.45, 2.75) is 10.6 Å². The Bertz CT molecular complexity index is 574. The normalized spacial score (nSPS) is 12.1. The second-order valence-electron chi connectivity index (χ2n) is 3.59. The smallest absolute Gasteiger partial charge is 0.185 e. The molecule has 2 rings (SSSR count). The van der Waals surface area contributed by atoms with Crippen LogP contribution in [0.3, 0.4) is 0 Å². The third-order valence-electron chi connectivity index (χ3n) is 2.38. The lowest BCUT2D eigenvalue weighted by Gasteiger charge is -2.03. The first-order valence-electron chi connectivity index (χ1n) is 5.29. The van der Waals surface area contributed by atoms with Crippen LogP contribution in [0, 0.1) is 0 Å². The van der Waals surface area contributed by atoms with Gasteiger partial charge >= 0.3 is 0 Å². The fourth-order valence-electron chi connectivity index (χ4n) is 1.49. The van der Waals surface area contributed by atoms with Crippen LogP contribution in [0.15, 0.2) is 45.7 Å². The van der Waals surface area contributed by atoms with Crippen LogP contribution in [-0.2, 0) is 16.6 Å². The summed E-state index contributed by atoms with van der Waals surface area (Å²) in [5, 5.41) is 0. The summed E-state index contributed by atoms with van der Waals surface area (Å²) in [5.41, 5.74) is 0. The Morgan fingerprint density at radius 1 is 1.33 bits per heavy atom. The van der Waals surface area contributed by atoms with Gasteiger partial charge in [-0.15, -0.1) is 0 Å². The van der Waals surface area contributed by atoms with Crippen molar-refractivity contribution in [1.29, 1.82) is 0 Å². The number of carbonyl (C=O) groups is 1. The highest BCUT2D eigenvalue weighted by molar-refractivity contribution is 7.84. The first-order chi connectivity index (χ1) is 8.72. The zero-order chi connectivity index (χ0) is 13.0. The Hall–Kier alpha value is -1.88.